The number of aliphatic carboxylic acids is 1. The smallest absolute Gasteiger partial charge is 0.327 e. The Kier molecular flexibility index (Phi) is 9.48. The van der Waals surface area contributed by atoms with Gasteiger partial charge >= 0.3 is 12.0 Å². The number of rotatable bonds is 3. The molecule has 7 heteroatoms. The van der Waals surface area contributed by atoms with E-state index in [2.05, 4.69) is 22.5 Å². The van der Waals surface area contributed by atoms with Crippen LogP contribution in [0.5, 0.6) is 0 Å². The molecule has 1 unspecified atom stereocenters. The zero-order valence-corrected chi connectivity index (χ0v) is 10.7. The zero-order chi connectivity index (χ0) is 13.3. The van der Waals surface area contributed by atoms with E-state index in [1.54, 1.807) is 0 Å². The first-order chi connectivity index (χ1) is 7.22. The van der Waals surface area contributed by atoms with Crippen LogP contribution in [0.3, 0.4) is 0 Å². The fraction of sp³-hybridized carbons (Fsp3) is 0.444. The summed E-state index contributed by atoms with van der Waals surface area (Å²) in [6.45, 7) is 6.68. The van der Waals surface area contributed by atoms with E-state index >= 15 is 0 Å². The van der Waals surface area contributed by atoms with Crippen molar-refractivity contribution in [3.8, 4) is 0 Å². The molecule has 0 rings (SSSR count). The number of imide groups is 1. The van der Waals surface area contributed by atoms with Crippen molar-refractivity contribution < 1.29 is 19.5 Å². The highest BCUT2D eigenvalue weighted by Crippen LogP contribution is 2.11. The second-order valence-electron chi connectivity index (χ2n) is 3.04. The number of amides is 3. The molecule has 6 nitrogen and oxygen atoms in total. The third-order valence-corrected chi connectivity index (χ3v) is 2.73. The lowest BCUT2D eigenvalue weighted by Gasteiger charge is -2.11. The van der Waals surface area contributed by atoms with Gasteiger partial charge in [-0.1, -0.05) is 36.4 Å². The molecule has 0 aromatic carbocycles. The van der Waals surface area contributed by atoms with Crippen LogP contribution in [0.15, 0.2) is 12.7 Å². The summed E-state index contributed by atoms with van der Waals surface area (Å²) in [7, 11) is 0. The lowest BCUT2D eigenvalue weighted by Crippen LogP contribution is -2.41. The standard InChI is InChI=1S/C6H11BrN2O2.C3H4O2/c1-3(2)4(7)5(10)9-6(8)11;1-2-3(4)5/h3-4H,1-2H3,(H3,8,9,10,11);2H,1H2,(H,4,5). The van der Waals surface area contributed by atoms with E-state index in [-0.39, 0.29) is 10.7 Å². The van der Waals surface area contributed by atoms with Crippen LogP contribution >= 0.6 is 15.9 Å². The van der Waals surface area contributed by atoms with E-state index in [0.29, 0.717) is 0 Å². The van der Waals surface area contributed by atoms with E-state index in [9.17, 15) is 14.4 Å². The topological polar surface area (TPSA) is 109 Å². The first-order valence-corrected chi connectivity index (χ1v) is 5.23. The maximum absolute atomic E-state index is 10.9. The minimum absolute atomic E-state index is 0.134. The summed E-state index contributed by atoms with van der Waals surface area (Å²) >= 11 is 3.12. The lowest BCUT2D eigenvalue weighted by atomic mass is 10.1. The molecule has 4 N–H and O–H groups in total. The minimum atomic E-state index is -0.981. The maximum Gasteiger partial charge on any atom is 0.327 e. The third kappa shape index (κ3) is 10.7. The first kappa shape index (κ1) is 17.0. The molecule has 0 aliphatic carbocycles. The molecule has 0 saturated carbocycles. The number of hydrogen-bond acceptors (Lipinski definition) is 3. The largest absolute Gasteiger partial charge is 0.478 e. The SMILES string of the molecule is C=CC(=O)O.CC(C)C(Br)C(=O)NC(N)=O. The molecule has 0 radical (unpaired) electrons. The third-order valence-electron chi connectivity index (χ3n) is 1.26. The highest BCUT2D eigenvalue weighted by molar-refractivity contribution is 9.10. The van der Waals surface area contributed by atoms with Crippen LogP contribution in [-0.4, -0.2) is 27.8 Å². The van der Waals surface area contributed by atoms with Crippen LogP contribution in [0.4, 0.5) is 4.79 Å². The van der Waals surface area contributed by atoms with Gasteiger partial charge in [-0.05, 0) is 5.92 Å². The van der Waals surface area contributed by atoms with Crippen LogP contribution in [-0.2, 0) is 9.59 Å². The van der Waals surface area contributed by atoms with E-state index in [4.69, 9.17) is 10.8 Å². The van der Waals surface area contributed by atoms with Crippen LogP contribution in [0, 0.1) is 5.92 Å². The van der Waals surface area contributed by atoms with Gasteiger partial charge in [0.05, 0.1) is 4.83 Å². The number of urea groups is 1. The van der Waals surface area contributed by atoms with E-state index in [1.807, 2.05) is 19.2 Å². The average Bonchev–Trinajstić information content (AvgIpc) is 2.16. The second kappa shape index (κ2) is 8.90. The molecule has 0 aromatic rings. The number of carboxylic acids is 1. The molecule has 3 amide bonds. The molecule has 0 aromatic heterocycles. The number of nitrogens with two attached hydrogens (primary N) is 1. The van der Waals surface area contributed by atoms with E-state index in [0.717, 1.165) is 6.08 Å². The van der Waals surface area contributed by atoms with Crippen LogP contribution in [0.1, 0.15) is 13.8 Å². The van der Waals surface area contributed by atoms with Crippen molar-refractivity contribution >= 4 is 33.8 Å². The van der Waals surface area contributed by atoms with Crippen LogP contribution in [0.25, 0.3) is 0 Å². The molecule has 0 heterocycles. The van der Waals surface area contributed by atoms with Crippen molar-refractivity contribution in [2.45, 2.75) is 18.7 Å². The maximum atomic E-state index is 10.9. The van der Waals surface area contributed by atoms with Gasteiger partial charge in [0.1, 0.15) is 0 Å². The Morgan fingerprint density at radius 3 is 2.00 bits per heavy atom. The van der Waals surface area contributed by atoms with Crippen molar-refractivity contribution in [2.24, 2.45) is 11.7 Å². The van der Waals surface area contributed by atoms with Crippen molar-refractivity contribution in [1.82, 2.24) is 5.32 Å². The number of carbonyl (C=O) groups excluding carboxylic acids is 2. The predicted molar refractivity (Wildman–Crippen MR) is 63.1 cm³/mol. The van der Waals surface area contributed by atoms with Crippen molar-refractivity contribution in [1.29, 1.82) is 0 Å². The van der Waals surface area contributed by atoms with Crippen molar-refractivity contribution in [3.63, 3.8) is 0 Å². The number of halogens is 1. The molecule has 0 spiro atoms. The molecular weight excluding hydrogens is 280 g/mol. The van der Waals surface area contributed by atoms with Gasteiger partial charge in [-0.3, -0.25) is 10.1 Å². The molecule has 92 valence electrons. The summed E-state index contributed by atoms with van der Waals surface area (Å²) in [4.78, 5) is 30.0. The van der Waals surface area contributed by atoms with Gasteiger partial charge in [0.15, 0.2) is 0 Å². The highest BCUT2D eigenvalue weighted by Gasteiger charge is 2.19. The number of carbonyl (C=O) groups is 3. The number of alkyl halides is 1. The predicted octanol–water partition coefficient (Wildman–Crippen LogP) is 0.858. The summed E-state index contributed by atoms with van der Waals surface area (Å²) in [6, 6.07) is -0.819. The summed E-state index contributed by atoms with van der Waals surface area (Å²) in [5.74, 6) is -1.24. The number of primary amides is 1. The summed E-state index contributed by atoms with van der Waals surface area (Å²) in [6.07, 6.45) is 0.833. The molecular formula is C9H15BrN2O4. The molecule has 16 heavy (non-hydrogen) atoms. The Balaban J connectivity index is 0. The monoisotopic (exact) mass is 294 g/mol. The van der Waals surface area contributed by atoms with Gasteiger partial charge < -0.3 is 10.8 Å². The van der Waals surface area contributed by atoms with Gasteiger partial charge in [0, 0.05) is 6.08 Å². The fourth-order valence-corrected chi connectivity index (χ4v) is 0.608. The van der Waals surface area contributed by atoms with Gasteiger partial charge in [-0.25, -0.2) is 9.59 Å². The number of hydrogen-bond donors (Lipinski definition) is 3. The summed E-state index contributed by atoms with van der Waals surface area (Å²) in [5.41, 5.74) is 4.74. The molecule has 0 fully saturated rings. The van der Waals surface area contributed by atoms with Crippen LogP contribution in [0.2, 0.25) is 0 Å². The van der Waals surface area contributed by atoms with Gasteiger partial charge in [0.2, 0.25) is 5.91 Å². The van der Waals surface area contributed by atoms with Gasteiger partial charge in [0.25, 0.3) is 0 Å². The second-order valence-corrected chi connectivity index (χ2v) is 4.03. The molecule has 0 saturated heterocycles. The Bertz CT molecular complexity index is 279. The Hall–Kier alpha value is -1.37. The normalized spacial score (nSPS) is 10.8. The zero-order valence-electron chi connectivity index (χ0n) is 9.07. The van der Waals surface area contributed by atoms with E-state index < -0.39 is 17.9 Å². The van der Waals surface area contributed by atoms with Crippen LogP contribution < -0.4 is 11.1 Å². The Morgan fingerprint density at radius 2 is 1.81 bits per heavy atom. The molecule has 1 atom stereocenters. The Labute approximate surface area is 102 Å². The minimum Gasteiger partial charge on any atom is -0.478 e. The number of carboxylic acid groups (broad SMARTS) is 1. The Morgan fingerprint density at radius 1 is 1.44 bits per heavy atom. The first-order valence-electron chi connectivity index (χ1n) is 4.32. The van der Waals surface area contributed by atoms with E-state index in [1.165, 1.54) is 0 Å². The van der Waals surface area contributed by atoms with Gasteiger partial charge in [-0.2, -0.15) is 0 Å². The number of nitrogens with one attached hydrogen (secondary N) is 1. The lowest BCUT2D eigenvalue weighted by molar-refractivity contribution is -0.131. The summed E-state index contributed by atoms with van der Waals surface area (Å²) < 4.78 is 0. The fourth-order valence-electron chi connectivity index (χ4n) is 0.493. The van der Waals surface area contributed by atoms with Crippen molar-refractivity contribution in [3.05, 3.63) is 12.7 Å². The quantitative estimate of drug-likeness (QED) is 0.529. The molecule has 0 aliphatic rings. The summed E-state index contributed by atoms with van der Waals surface area (Å²) in [5, 5.41) is 9.58. The van der Waals surface area contributed by atoms with Crippen molar-refractivity contribution in [2.75, 3.05) is 0 Å². The molecule has 0 bridgehead atoms. The van der Waals surface area contributed by atoms with Gasteiger partial charge in [-0.15, -0.1) is 0 Å². The molecule has 0 aliphatic heterocycles. The average molecular weight is 295 g/mol. The highest BCUT2D eigenvalue weighted by atomic mass is 79.9.